The molecule has 0 aromatic carbocycles. The summed E-state index contributed by atoms with van der Waals surface area (Å²) in [6.45, 7) is 4.81. The first-order chi connectivity index (χ1) is 9.65. The Bertz CT molecular complexity index is 545. The molecule has 1 saturated heterocycles. The van der Waals surface area contributed by atoms with Crippen LogP contribution in [0.15, 0.2) is 18.3 Å². The second-order valence-electron chi connectivity index (χ2n) is 5.22. The Labute approximate surface area is 119 Å². The maximum atomic E-state index is 12.7. The van der Waals surface area contributed by atoms with E-state index in [9.17, 15) is 4.79 Å². The molecule has 1 N–H and O–H groups in total. The Hall–Kier alpha value is -1.86. The summed E-state index contributed by atoms with van der Waals surface area (Å²) in [5.74, 6) is 5.82. The van der Waals surface area contributed by atoms with Gasteiger partial charge in [-0.25, -0.2) is 4.98 Å². The van der Waals surface area contributed by atoms with Gasteiger partial charge in [0.2, 0.25) is 0 Å². The number of hydrogen-bond acceptors (Lipinski definition) is 3. The summed E-state index contributed by atoms with van der Waals surface area (Å²) in [6, 6.07) is 3.73. The number of likely N-dealkylation sites (tertiary alicyclic amines) is 1. The fraction of sp³-hybridized carbons (Fsp3) is 0.500. The van der Waals surface area contributed by atoms with Crippen molar-refractivity contribution in [3.05, 3.63) is 29.6 Å². The summed E-state index contributed by atoms with van der Waals surface area (Å²) in [7, 11) is 0. The number of rotatable bonds is 1. The molecule has 0 aliphatic carbocycles. The van der Waals surface area contributed by atoms with Crippen LogP contribution in [0.4, 0.5) is 0 Å². The number of carbonyl (C=O) groups is 1. The summed E-state index contributed by atoms with van der Waals surface area (Å²) in [5.41, 5.74) is 0.964. The van der Waals surface area contributed by atoms with Gasteiger partial charge in [0.05, 0.1) is 5.56 Å². The maximum Gasteiger partial charge on any atom is 0.273 e. The number of pyridine rings is 1. The van der Waals surface area contributed by atoms with E-state index in [4.69, 9.17) is 5.11 Å². The Kier molecular flexibility index (Phi) is 4.75. The third-order valence-corrected chi connectivity index (χ3v) is 3.95. The van der Waals surface area contributed by atoms with E-state index >= 15 is 0 Å². The van der Waals surface area contributed by atoms with Crippen molar-refractivity contribution in [3.63, 3.8) is 0 Å². The predicted molar refractivity (Wildman–Crippen MR) is 77.1 cm³/mol. The molecule has 0 bridgehead atoms. The minimum Gasteiger partial charge on any atom is -0.384 e. The molecule has 1 aliphatic rings. The van der Waals surface area contributed by atoms with Crippen LogP contribution in [-0.2, 0) is 0 Å². The minimum absolute atomic E-state index is 0.0631. The molecule has 2 atom stereocenters. The largest absolute Gasteiger partial charge is 0.384 e. The molecular formula is C16H20N2O2. The molecule has 1 aromatic rings. The Balaban J connectivity index is 2.29. The Morgan fingerprint density at radius 1 is 1.55 bits per heavy atom. The van der Waals surface area contributed by atoms with Gasteiger partial charge in [-0.3, -0.25) is 4.79 Å². The van der Waals surface area contributed by atoms with Gasteiger partial charge in [-0.05, 0) is 37.8 Å². The highest BCUT2D eigenvalue weighted by Gasteiger charge is 2.30. The molecule has 1 aromatic heterocycles. The van der Waals surface area contributed by atoms with E-state index in [0.29, 0.717) is 17.2 Å². The van der Waals surface area contributed by atoms with Gasteiger partial charge in [0.15, 0.2) is 0 Å². The molecule has 1 amide bonds. The van der Waals surface area contributed by atoms with Crippen molar-refractivity contribution in [2.24, 2.45) is 5.92 Å². The van der Waals surface area contributed by atoms with E-state index < -0.39 is 0 Å². The van der Waals surface area contributed by atoms with E-state index in [1.807, 2.05) is 4.90 Å². The van der Waals surface area contributed by atoms with Gasteiger partial charge in [0.25, 0.3) is 5.91 Å². The molecule has 4 nitrogen and oxygen atoms in total. The van der Waals surface area contributed by atoms with Gasteiger partial charge in [0, 0.05) is 18.8 Å². The van der Waals surface area contributed by atoms with Crippen LogP contribution in [0.2, 0.25) is 0 Å². The van der Waals surface area contributed by atoms with Crippen LogP contribution < -0.4 is 0 Å². The molecule has 0 saturated carbocycles. The summed E-state index contributed by atoms with van der Waals surface area (Å²) < 4.78 is 0. The lowest BCUT2D eigenvalue weighted by Crippen LogP contribution is -2.46. The van der Waals surface area contributed by atoms with E-state index in [0.717, 1.165) is 19.4 Å². The minimum atomic E-state index is -0.223. The average Bonchev–Trinajstić information content (AvgIpc) is 2.47. The van der Waals surface area contributed by atoms with Crippen molar-refractivity contribution in [1.82, 2.24) is 9.88 Å². The zero-order chi connectivity index (χ0) is 14.5. The first kappa shape index (κ1) is 14.5. The normalized spacial score (nSPS) is 22.1. The zero-order valence-corrected chi connectivity index (χ0v) is 12.0. The third kappa shape index (κ3) is 3.00. The third-order valence-electron chi connectivity index (χ3n) is 3.95. The smallest absolute Gasteiger partial charge is 0.273 e. The fourth-order valence-corrected chi connectivity index (χ4v) is 2.57. The first-order valence-corrected chi connectivity index (χ1v) is 7.01. The van der Waals surface area contributed by atoms with Gasteiger partial charge < -0.3 is 10.0 Å². The second kappa shape index (κ2) is 6.53. The molecule has 4 heteroatoms. The number of aliphatic hydroxyl groups excluding tert-OH is 1. The van der Waals surface area contributed by atoms with Crippen LogP contribution in [-0.4, -0.2) is 40.1 Å². The number of amides is 1. The highest BCUT2D eigenvalue weighted by Crippen LogP contribution is 2.24. The standard InChI is InChI=1S/C16H20N2O2/c1-12-6-4-10-18(13(12)2)16(20)15-14(8-5-11-19)7-3-9-17-15/h3,7,9,12-13,19H,4,6,10-11H2,1-2H3. The van der Waals surface area contributed by atoms with Crippen molar-refractivity contribution in [3.8, 4) is 11.8 Å². The number of piperidine rings is 1. The monoisotopic (exact) mass is 272 g/mol. The van der Waals surface area contributed by atoms with Gasteiger partial charge >= 0.3 is 0 Å². The Morgan fingerprint density at radius 3 is 3.10 bits per heavy atom. The molecule has 0 spiro atoms. The van der Waals surface area contributed by atoms with Crippen molar-refractivity contribution >= 4 is 5.91 Å². The van der Waals surface area contributed by atoms with E-state index in [-0.39, 0.29) is 18.6 Å². The molecule has 106 valence electrons. The summed E-state index contributed by atoms with van der Waals surface area (Å²) in [4.78, 5) is 18.8. The van der Waals surface area contributed by atoms with Crippen molar-refractivity contribution < 1.29 is 9.90 Å². The van der Waals surface area contributed by atoms with Crippen LogP contribution in [0.1, 0.15) is 42.7 Å². The van der Waals surface area contributed by atoms with Crippen LogP contribution in [0.3, 0.4) is 0 Å². The van der Waals surface area contributed by atoms with Crippen LogP contribution >= 0.6 is 0 Å². The molecule has 20 heavy (non-hydrogen) atoms. The lowest BCUT2D eigenvalue weighted by Gasteiger charge is -2.37. The number of aliphatic hydroxyl groups is 1. The van der Waals surface area contributed by atoms with Gasteiger partial charge in [0.1, 0.15) is 12.3 Å². The van der Waals surface area contributed by atoms with Gasteiger partial charge in [-0.15, -0.1) is 0 Å². The van der Waals surface area contributed by atoms with Crippen LogP contribution in [0.5, 0.6) is 0 Å². The van der Waals surface area contributed by atoms with Crippen molar-refractivity contribution in [2.45, 2.75) is 32.7 Å². The average molecular weight is 272 g/mol. The molecule has 2 rings (SSSR count). The number of nitrogens with zero attached hydrogens (tertiary/aromatic N) is 2. The number of hydrogen-bond donors (Lipinski definition) is 1. The molecule has 2 unspecified atom stereocenters. The summed E-state index contributed by atoms with van der Waals surface area (Å²) >= 11 is 0. The highest BCUT2D eigenvalue weighted by atomic mass is 16.2. The van der Waals surface area contributed by atoms with Crippen LogP contribution in [0.25, 0.3) is 0 Å². The number of aromatic nitrogens is 1. The SMILES string of the molecule is CC1CCCN(C(=O)c2ncccc2C#CCO)C1C. The number of carbonyl (C=O) groups excluding carboxylic acids is 1. The van der Waals surface area contributed by atoms with E-state index in [1.165, 1.54) is 0 Å². The van der Waals surface area contributed by atoms with Gasteiger partial charge in [-0.2, -0.15) is 0 Å². The molecule has 0 radical (unpaired) electrons. The lowest BCUT2D eigenvalue weighted by atomic mass is 9.91. The first-order valence-electron chi connectivity index (χ1n) is 7.01. The van der Waals surface area contributed by atoms with Crippen LogP contribution in [0, 0.1) is 17.8 Å². The highest BCUT2D eigenvalue weighted by molar-refractivity contribution is 5.95. The maximum absolute atomic E-state index is 12.7. The molecule has 1 fully saturated rings. The lowest BCUT2D eigenvalue weighted by molar-refractivity contribution is 0.0544. The topological polar surface area (TPSA) is 53.4 Å². The second-order valence-corrected chi connectivity index (χ2v) is 5.22. The molecule has 2 heterocycles. The zero-order valence-electron chi connectivity index (χ0n) is 12.0. The fourth-order valence-electron chi connectivity index (χ4n) is 2.57. The summed E-state index contributed by atoms with van der Waals surface area (Å²) in [5, 5.41) is 8.79. The molecule has 1 aliphatic heterocycles. The van der Waals surface area contributed by atoms with Gasteiger partial charge in [-0.1, -0.05) is 18.8 Å². The molecular weight excluding hydrogens is 252 g/mol. The predicted octanol–water partition coefficient (Wildman–Crippen LogP) is 1.69. The van der Waals surface area contributed by atoms with E-state index in [2.05, 4.69) is 30.7 Å². The van der Waals surface area contributed by atoms with Crippen molar-refractivity contribution in [2.75, 3.05) is 13.2 Å². The van der Waals surface area contributed by atoms with E-state index in [1.54, 1.807) is 18.3 Å². The summed E-state index contributed by atoms with van der Waals surface area (Å²) in [6.07, 6.45) is 3.79. The quantitative estimate of drug-likeness (QED) is 0.791. The van der Waals surface area contributed by atoms with Crippen molar-refractivity contribution in [1.29, 1.82) is 0 Å². The Morgan fingerprint density at radius 2 is 2.35 bits per heavy atom.